The van der Waals surface area contributed by atoms with Crippen LogP contribution < -0.4 is 5.73 Å². The molecule has 1 aromatic rings. The number of anilines is 1. The van der Waals surface area contributed by atoms with E-state index in [1.807, 2.05) is 0 Å². The number of amides is 1. The summed E-state index contributed by atoms with van der Waals surface area (Å²) in [6.07, 6.45) is 9.96. The van der Waals surface area contributed by atoms with Crippen molar-refractivity contribution < 1.29 is 4.79 Å². The van der Waals surface area contributed by atoms with Gasteiger partial charge >= 0.3 is 0 Å². The van der Waals surface area contributed by atoms with Crippen LogP contribution in [0.4, 0.5) is 5.13 Å². The maximum atomic E-state index is 12.8. The predicted molar refractivity (Wildman–Crippen MR) is 94.9 cm³/mol. The van der Waals surface area contributed by atoms with E-state index in [-0.39, 0.29) is 5.91 Å². The first-order chi connectivity index (χ1) is 11.7. The van der Waals surface area contributed by atoms with Crippen LogP contribution in [0.2, 0.25) is 0 Å². The first kappa shape index (κ1) is 15.1. The molecule has 2 N–H and O–H groups in total. The number of rotatable bonds is 2. The lowest BCUT2D eigenvalue weighted by atomic mass is 9.74. The van der Waals surface area contributed by atoms with E-state index < -0.39 is 0 Å². The molecule has 5 rings (SSSR count). The lowest BCUT2D eigenvalue weighted by molar-refractivity contribution is -0.0550. The first-order valence-corrected chi connectivity index (χ1v) is 10.3. The van der Waals surface area contributed by atoms with E-state index in [2.05, 4.69) is 14.8 Å². The first-order valence-electron chi connectivity index (χ1n) is 9.45. The predicted octanol–water partition coefficient (Wildman–Crippen LogP) is 2.45. The second kappa shape index (κ2) is 5.70. The summed E-state index contributed by atoms with van der Waals surface area (Å²) < 4.78 is 0. The summed E-state index contributed by atoms with van der Waals surface area (Å²) >= 11 is 1.32. The van der Waals surface area contributed by atoms with Crippen LogP contribution in [-0.4, -0.2) is 52.4 Å². The van der Waals surface area contributed by atoms with Gasteiger partial charge in [-0.15, -0.1) is 0 Å². The summed E-state index contributed by atoms with van der Waals surface area (Å²) in [7, 11) is 0. The zero-order valence-electron chi connectivity index (χ0n) is 14.1. The van der Waals surface area contributed by atoms with Gasteiger partial charge in [-0.1, -0.05) is 17.8 Å². The molecule has 4 aliphatic rings. The highest BCUT2D eigenvalue weighted by Gasteiger charge is 2.48. The molecule has 1 amide bonds. The normalized spacial score (nSPS) is 36.4. The molecule has 1 saturated carbocycles. The van der Waals surface area contributed by atoms with Crippen molar-refractivity contribution in [1.82, 2.24) is 14.8 Å². The fourth-order valence-corrected chi connectivity index (χ4v) is 6.19. The molecule has 4 heterocycles. The number of nitrogens with zero attached hydrogens (tertiary/aromatic N) is 3. The highest BCUT2D eigenvalue weighted by Crippen LogP contribution is 2.46. The Labute approximate surface area is 147 Å². The molecule has 0 spiro atoms. The topological polar surface area (TPSA) is 62.5 Å². The van der Waals surface area contributed by atoms with E-state index in [1.165, 1.54) is 56.4 Å². The SMILES string of the molecule is Nc1ncc(C(=O)N2C[C@@H]3C[C@H](C2)[C@@H]2CCC[C@H](C4CC4)N2C3)s1. The van der Waals surface area contributed by atoms with E-state index in [1.54, 1.807) is 6.20 Å². The van der Waals surface area contributed by atoms with Gasteiger partial charge < -0.3 is 10.6 Å². The average Bonchev–Trinajstić information content (AvgIpc) is 3.34. The molecular weight excluding hydrogens is 320 g/mol. The number of nitrogen functional groups attached to an aromatic ring is 1. The highest BCUT2D eigenvalue weighted by molar-refractivity contribution is 7.17. The highest BCUT2D eigenvalue weighted by atomic mass is 32.1. The molecular formula is C18H26N4OS. The van der Waals surface area contributed by atoms with E-state index in [9.17, 15) is 4.79 Å². The molecule has 4 fully saturated rings. The lowest BCUT2D eigenvalue weighted by Gasteiger charge is -2.55. The van der Waals surface area contributed by atoms with Crippen LogP contribution in [0.5, 0.6) is 0 Å². The average molecular weight is 347 g/mol. The van der Waals surface area contributed by atoms with Gasteiger partial charge in [0.1, 0.15) is 4.88 Å². The monoisotopic (exact) mass is 346 g/mol. The van der Waals surface area contributed by atoms with Crippen molar-refractivity contribution in [3.05, 3.63) is 11.1 Å². The second-order valence-electron chi connectivity index (χ2n) is 8.23. The standard InChI is InChI=1S/C18H26N4OS/c19-18-20-7-16(24-18)17(23)21-8-11-6-13(10-21)15-3-1-2-14(12-4-5-12)22(15)9-11/h7,11-15H,1-6,8-10H2,(H2,19,20)/t11-,13+,14+,15-/m0/s1. The second-order valence-corrected chi connectivity index (χ2v) is 9.30. The smallest absolute Gasteiger partial charge is 0.265 e. The molecule has 0 radical (unpaired) electrons. The summed E-state index contributed by atoms with van der Waals surface area (Å²) in [5, 5.41) is 0.487. The number of hydrogen-bond donors (Lipinski definition) is 1. The number of fused-ring (bicyclic) bond motifs is 4. The maximum absolute atomic E-state index is 12.8. The van der Waals surface area contributed by atoms with Crippen molar-refractivity contribution in [1.29, 1.82) is 0 Å². The van der Waals surface area contributed by atoms with Gasteiger partial charge in [0.25, 0.3) is 5.91 Å². The van der Waals surface area contributed by atoms with Crippen LogP contribution in [0, 0.1) is 17.8 Å². The Morgan fingerprint density at radius 2 is 1.92 bits per heavy atom. The van der Waals surface area contributed by atoms with Crippen LogP contribution in [0.3, 0.4) is 0 Å². The molecule has 24 heavy (non-hydrogen) atoms. The molecule has 2 bridgehead atoms. The Morgan fingerprint density at radius 1 is 1.12 bits per heavy atom. The van der Waals surface area contributed by atoms with Gasteiger partial charge in [0.2, 0.25) is 0 Å². The summed E-state index contributed by atoms with van der Waals surface area (Å²) in [6.45, 7) is 3.04. The van der Waals surface area contributed by atoms with Gasteiger partial charge in [-0.2, -0.15) is 0 Å². The van der Waals surface area contributed by atoms with Crippen molar-refractivity contribution >= 4 is 22.4 Å². The largest absolute Gasteiger partial charge is 0.375 e. The number of carbonyl (C=O) groups is 1. The summed E-state index contributed by atoms with van der Waals surface area (Å²) in [4.78, 5) is 22.5. The molecule has 4 atom stereocenters. The Morgan fingerprint density at radius 3 is 2.62 bits per heavy atom. The van der Waals surface area contributed by atoms with Gasteiger partial charge in [-0.05, 0) is 49.9 Å². The van der Waals surface area contributed by atoms with Crippen molar-refractivity contribution in [3.8, 4) is 0 Å². The van der Waals surface area contributed by atoms with Gasteiger partial charge in [0.15, 0.2) is 5.13 Å². The van der Waals surface area contributed by atoms with Crippen molar-refractivity contribution in [2.75, 3.05) is 25.4 Å². The summed E-state index contributed by atoms with van der Waals surface area (Å²) in [5.74, 6) is 2.42. The van der Waals surface area contributed by atoms with Crippen LogP contribution in [0.25, 0.3) is 0 Å². The number of thiazole rings is 1. The van der Waals surface area contributed by atoms with E-state index in [0.717, 1.165) is 25.0 Å². The van der Waals surface area contributed by atoms with Crippen LogP contribution in [-0.2, 0) is 0 Å². The van der Waals surface area contributed by atoms with E-state index in [0.29, 0.717) is 27.9 Å². The minimum Gasteiger partial charge on any atom is -0.375 e. The third kappa shape index (κ3) is 2.54. The molecule has 3 saturated heterocycles. The third-order valence-electron chi connectivity index (χ3n) is 6.62. The van der Waals surface area contributed by atoms with Crippen molar-refractivity contribution in [2.24, 2.45) is 17.8 Å². The molecule has 0 unspecified atom stereocenters. The molecule has 5 nitrogen and oxygen atoms in total. The number of aromatic nitrogens is 1. The zero-order valence-corrected chi connectivity index (χ0v) is 14.9. The number of nitrogens with two attached hydrogens (primary N) is 1. The third-order valence-corrected chi connectivity index (χ3v) is 7.44. The minimum atomic E-state index is 0.141. The van der Waals surface area contributed by atoms with Crippen LogP contribution >= 0.6 is 11.3 Å². The summed E-state index contributed by atoms with van der Waals surface area (Å²) in [6, 6.07) is 1.56. The Hall–Kier alpha value is -1.14. The molecule has 0 aromatic carbocycles. The maximum Gasteiger partial charge on any atom is 0.265 e. The van der Waals surface area contributed by atoms with Crippen LogP contribution in [0.1, 0.15) is 48.2 Å². The Bertz CT molecular complexity index is 643. The van der Waals surface area contributed by atoms with Crippen molar-refractivity contribution in [2.45, 2.75) is 50.6 Å². The fraction of sp³-hybridized carbons (Fsp3) is 0.778. The number of likely N-dealkylation sites (tertiary alicyclic amines) is 1. The number of hydrogen-bond acceptors (Lipinski definition) is 5. The minimum absolute atomic E-state index is 0.141. The lowest BCUT2D eigenvalue weighted by Crippen LogP contribution is -2.62. The molecule has 3 aliphatic heterocycles. The van der Waals surface area contributed by atoms with Gasteiger partial charge in [-0.25, -0.2) is 4.98 Å². The number of piperidine rings is 3. The number of carbonyl (C=O) groups excluding carboxylic acids is 1. The fourth-order valence-electron chi connectivity index (χ4n) is 5.54. The Kier molecular flexibility index (Phi) is 3.59. The van der Waals surface area contributed by atoms with E-state index >= 15 is 0 Å². The van der Waals surface area contributed by atoms with E-state index in [4.69, 9.17) is 5.73 Å². The Balaban J connectivity index is 1.34. The summed E-state index contributed by atoms with van der Waals surface area (Å²) in [5.41, 5.74) is 5.70. The van der Waals surface area contributed by atoms with Crippen LogP contribution in [0.15, 0.2) is 6.20 Å². The quantitative estimate of drug-likeness (QED) is 0.893. The molecule has 1 aliphatic carbocycles. The zero-order chi connectivity index (χ0) is 16.3. The van der Waals surface area contributed by atoms with Gasteiger partial charge in [-0.3, -0.25) is 9.69 Å². The molecule has 6 heteroatoms. The molecule has 1 aromatic heterocycles. The molecule has 130 valence electrons. The van der Waals surface area contributed by atoms with Gasteiger partial charge in [0.05, 0.1) is 6.20 Å². The van der Waals surface area contributed by atoms with Crippen molar-refractivity contribution in [3.63, 3.8) is 0 Å². The van der Waals surface area contributed by atoms with Gasteiger partial charge in [0, 0.05) is 31.7 Å².